The summed E-state index contributed by atoms with van der Waals surface area (Å²) in [5, 5.41) is 14.1. The highest BCUT2D eigenvalue weighted by Gasteiger charge is 2.30. The molecule has 70 heavy (non-hydrogen) atoms. The predicted octanol–water partition coefficient (Wildman–Crippen LogP) is 8.30. The lowest BCUT2D eigenvalue weighted by molar-refractivity contribution is 0.100. The van der Waals surface area contributed by atoms with E-state index in [9.17, 15) is 24.0 Å². The maximum absolute atomic E-state index is 14.6. The van der Waals surface area contributed by atoms with E-state index >= 15 is 0 Å². The lowest BCUT2D eigenvalue weighted by Gasteiger charge is -2.21. The molecule has 0 fully saturated rings. The van der Waals surface area contributed by atoms with E-state index in [1.807, 2.05) is 0 Å². The molecule has 5 N–H and O–H groups in total. The number of fused-ring (bicyclic) bond motifs is 10. The Kier molecular flexibility index (Phi) is 16.7. The minimum atomic E-state index is -0.765. The number of anilines is 5. The van der Waals surface area contributed by atoms with Crippen LogP contribution in [0, 0.1) is 0 Å². The molecule has 1 aliphatic heterocycles. The second-order valence-corrected chi connectivity index (χ2v) is 14.7. The first-order valence-electron chi connectivity index (χ1n) is 22.1. The number of ether oxygens (including phenoxy) is 10. The Morgan fingerprint density at radius 3 is 0.571 bits per heavy atom. The summed E-state index contributed by atoms with van der Waals surface area (Å²) in [7, 11) is 6.90. The minimum Gasteiger partial charge on any atom is -0.497 e. The monoisotopic (exact) mass is 965 g/mol. The first kappa shape index (κ1) is 50.9. The summed E-state index contributed by atoms with van der Waals surface area (Å²) >= 11 is 0. The fourth-order valence-electron chi connectivity index (χ4n) is 7.36. The Morgan fingerprint density at radius 1 is 0.286 bits per heavy atom. The quantitative estimate of drug-likeness (QED) is 0.0663. The van der Waals surface area contributed by atoms with Gasteiger partial charge in [0, 0.05) is 30.3 Å². The minimum absolute atomic E-state index is 0.0172. The van der Waals surface area contributed by atoms with Crippen molar-refractivity contribution in [1.82, 2.24) is 0 Å². The zero-order valence-corrected chi connectivity index (χ0v) is 40.4. The van der Waals surface area contributed by atoms with Gasteiger partial charge in [0.25, 0.3) is 29.5 Å². The van der Waals surface area contributed by atoms with E-state index in [-0.39, 0.29) is 147 Å². The van der Waals surface area contributed by atoms with Crippen LogP contribution in [-0.4, -0.2) is 98.1 Å². The Hall–Kier alpha value is -8.55. The SMILES string of the molecule is CCOc1c2cc(OC)cc1C(=O)Nc1cc(OC)cc(c1OCC)C(=O)Nc1cc(OC)cc(c1OCC)C(=O)Nc1cc(OC)cc(c1OCC)C(=O)Nc1cc(OC)cc(c1OCC)C(=O)N2. The molecular weight excluding hydrogens is 911 g/mol. The first-order valence-corrected chi connectivity index (χ1v) is 22.1. The smallest absolute Gasteiger partial charge is 0.259 e. The van der Waals surface area contributed by atoms with Gasteiger partial charge in [0.2, 0.25) is 0 Å². The number of amides is 5. The van der Waals surface area contributed by atoms with Crippen molar-refractivity contribution in [3.05, 3.63) is 88.5 Å². The molecular formula is C50H55N5O15. The second kappa shape index (κ2) is 23.0. The molecule has 6 rings (SSSR count). The fourth-order valence-corrected chi connectivity index (χ4v) is 7.36. The molecule has 0 radical (unpaired) electrons. The van der Waals surface area contributed by atoms with Crippen LogP contribution in [0.25, 0.3) is 0 Å². The molecule has 0 saturated carbocycles. The summed E-state index contributed by atoms with van der Waals surface area (Å²) < 4.78 is 58.3. The van der Waals surface area contributed by atoms with Crippen LogP contribution in [0.2, 0.25) is 0 Å². The van der Waals surface area contributed by atoms with Crippen molar-refractivity contribution in [3.63, 3.8) is 0 Å². The molecule has 5 aromatic carbocycles. The van der Waals surface area contributed by atoms with Gasteiger partial charge in [-0.05, 0) is 65.0 Å². The Morgan fingerprint density at radius 2 is 0.443 bits per heavy atom. The Balaban J connectivity index is 1.68. The molecule has 1 aliphatic rings. The topological polar surface area (TPSA) is 238 Å². The third-order valence-electron chi connectivity index (χ3n) is 10.4. The average Bonchev–Trinajstić information content (AvgIpc) is 3.35. The van der Waals surface area contributed by atoms with E-state index in [2.05, 4.69) is 26.6 Å². The molecule has 0 spiro atoms. The third kappa shape index (κ3) is 10.9. The van der Waals surface area contributed by atoms with Gasteiger partial charge in [-0.25, -0.2) is 0 Å². The number of carbonyl (C=O) groups is 5. The van der Waals surface area contributed by atoms with Gasteiger partial charge in [0.05, 0.1) is 125 Å². The van der Waals surface area contributed by atoms with Crippen LogP contribution in [0.1, 0.15) is 86.4 Å². The molecule has 5 amide bonds. The number of hydrogen-bond acceptors (Lipinski definition) is 15. The normalized spacial score (nSPS) is 12.6. The van der Waals surface area contributed by atoms with Crippen LogP contribution in [0.5, 0.6) is 57.5 Å². The van der Waals surface area contributed by atoms with E-state index in [0.717, 1.165) is 0 Å². The number of hydrogen-bond donors (Lipinski definition) is 5. The van der Waals surface area contributed by atoms with Crippen molar-refractivity contribution in [3.8, 4) is 57.5 Å². The molecule has 0 atom stereocenters. The van der Waals surface area contributed by atoms with Crippen molar-refractivity contribution in [1.29, 1.82) is 0 Å². The van der Waals surface area contributed by atoms with E-state index in [0.29, 0.717) is 0 Å². The molecule has 0 unspecified atom stereocenters. The lowest BCUT2D eigenvalue weighted by Crippen LogP contribution is -2.20. The summed E-state index contributed by atoms with van der Waals surface area (Å²) in [5.41, 5.74) is -0.362. The predicted molar refractivity (Wildman–Crippen MR) is 261 cm³/mol. The molecule has 5 aromatic rings. The summed E-state index contributed by atoms with van der Waals surface area (Å²) in [4.78, 5) is 72.9. The Bertz CT molecular complexity index is 2370. The van der Waals surface area contributed by atoms with Crippen LogP contribution in [0.4, 0.5) is 28.4 Å². The molecule has 20 nitrogen and oxygen atoms in total. The fraction of sp³-hybridized carbons (Fsp3) is 0.300. The van der Waals surface area contributed by atoms with Crippen LogP contribution in [0.15, 0.2) is 60.7 Å². The van der Waals surface area contributed by atoms with Crippen molar-refractivity contribution in [2.24, 2.45) is 0 Å². The van der Waals surface area contributed by atoms with Crippen LogP contribution >= 0.6 is 0 Å². The van der Waals surface area contributed by atoms with Gasteiger partial charge < -0.3 is 74.0 Å². The van der Waals surface area contributed by atoms with E-state index < -0.39 is 29.5 Å². The summed E-state index contributed by atoms with van der Waals surface area (Å²) in [5.74, 6) is -3.32. The second-order valence-electron chi connectivity index (χ2n) is 14.7. The summed E-state index contributed by atoms with van der Waals surface area (Å²) in [6.45, 7) is 8.72. The zero-order chi connectivity index (χ0) is 50.6. The number of methoxy groups -OCH3 is 5. The summed E-state index contributed by atoms with van der Waals surface area (Å²) in [6.07, 6.45) is 0. The Labute approximate surface area is 404 Å². The third-order valence-corrected chi connectivity index (χ3v) is 10.4. The zero-order valence-electron chi connectivity index (χ0n) is 40.4. The molecule has 0 aromatic heterocycles. The number of rotatable bonds is 15. The van der Waals surface area contributed by atoms with Crippen LogP contribution in [0.3, 0.4) is 0 Å². The lowest BCUT2D eigenvalue weighted by atomic mass is 10.1. The largest absolute Gasteiger partial charge is 0.497 e. The van der Waals surface area contributed by atoms with Gasteiger partial charge >= 0.3 is 0 Å². The van der Waals surface area contributed by atoms with E-state index in [1.54, 1.807) is 34.6 Å². The van der Waals surface area contributed by atoms with E-state index in [4.69, 9.17) is 47.4 Å². The van der Waals surface area contributed by atoms with Gasteiger partial charge in [-0.2, -0.15) is 0 Å². The molecule has 370 valence electrons. The van der Waals surface area contributed by atoms with Crippen LogP contribution < -0.4 is 74.0 Å². The molecule has 20 heteroatoms. The van der Waals surface area contributed by atoms with Gasteiger partial charge in [-0.1, -0.05) is 0 Å². The molecule has 10 bridgehead atoms. The highest BCUT2D eigenvalue weighted by Crippen LogP contribution is 2.43. The van der Waals surface area contributed by atoms with Crippen molar-refractivity contribution in [2.75, 3.05) is 95.2 Å². The molecule has 0 aliphatic carbocycles. The highest BCUT2D eigenvalue weighted by molar-refractivity contribution is 6.16. The number of benzene rings is 5. The average molecular weight is 966 g/mol. The van der Waals surface area contributed by atoms with E-state index in [1.165, 1.54) is 96.2 Å². The summed E-state index contributed by atoms with van der Waals surface area (Å²) in [6, 6.07) is 14.4. The highest BCUT2D eigenvalue weighted by atomic mass is 16.5. The van der Waals surface area contributed by atoms with Gasteiger partial charge in [-0.3, -0.25) is 24.0 Å². The standard InChI is InChI=1S/C50H55N5O15/c1-11-66-41-31-16-26(61-6)21-36(41)51-47(57)32-17-27(62-7)23-38(42(32)67-12-2)53-49(59)34-19-29(64-9)25-40(44(34)69-14-4)55-50(60)35-20-30(65-10)24-39(45(35)70-15-5)54-48(58)33-18-28(63-8)22-37(52-46(31)56)43(33)68-13-3/h16-25H,11-15H2,1-10H3,(H,51,57)(H,52,56)(H,53,59)(H,54,58)(H,55,60). The van der Waals surface area contributed by atoms with Crippen LogP contribution in [-0.2, 0) is 0 Å². The molecule has 0 saturated heterocycles. The molecule has 1 heterocycles. The first-order chi connectivity index (χ1) is 33.8. The number of carbonyl (C=O) groups excluding carboxylic acids is 5. The number of nitrogens with one attached hydrogen (secondary N) is 5. The van der Waals surface area contributed by atoms with Crippen molar-refractivity contribution >= 4 is 58.0 Å². The van der Waals surface area contributed by atoms with Gasteiger partial charge in [0.15, 0.2) is 28.7 Å². The van der Waals surface area contributed by atoms with Gasteiger partial charge in [0.1, 0.15) is 28.7 Å². The maximum atomic E-state index is 14.6. The maximum Gasteiger partial charge on any atom is 0.259 e. The van der Waals surface area contributed by atoms with Crippen molar-refractivity contribution in [2.45, 2.75) is 34.6 Å². The van der Waals surface area contributed by atoms with Crippen molar-refractivity contribution < 1.29 is 71.3 Å². The van der Waals surface area contributed by atoms with Gasteiger partial charge in [-0.15, -0.1) is 0 Å².